The first kappa shape index (κ1) is 28.1. The molecule has 3 aromatic rings. The predicted molar refractivity (Wildman–Crippen MR) is 150 cm³/mol. The molecule has 0 unspecified atom stereocenters. The van der Waals surface area contributed by atoms with E-state index >= 15 is 0 Å². The summed E-state index contributed by atoms with van der Waals surface area (Å²) in [5, 5.41) is 2.92. The molecule has 0 fully saturated rings. The molecule has 0 aliphatic carbocycles. The molecule has 39 heavy (non-hydrogen) atoms. The molecule has 10 heteroatoms. The van der Waals surface area contributed by atoms with Crippen molar-refractivity contribution >= 4 is 27.3 Å². The molecule has 9 nitrogen and oxygen atoms in total. The van der Waals surface area contributed by atoms with Crippen LogP contribution in [0.25, 0.3) is 0 Å². The summed E-state index contributed by atoms with van der Waals surface area (Å²) in [5.74, 6) is 1.56. The first-order valence-electron chi connectivity index (χ1n) is 13.0. The predicted octanol–water partition coefficient (Wildman–Crippen LogP) is 5.29. The lowest BCUT2D eigenvalue weighted by Gasteiger charge is -2.31. The summed E-state index contributed by atoms with van der Waals surface area (Å²) in [4.78, 5) is 13.4. The van der Waals surface area contributed by atoms with Gasteiger partial charge in [-0.25, -0.2) is 8.42 Å². The highest BCUT2D eigenvalue weighted by atomic mass is 32.2. The van der Waals surface area contributed by atoms with Crippen LogP contribution in [0.1, 0.15) is 43.1 Å². The summed E-state index contributed by atoms with van der Waals surface area (Å²) in [5.41, 5.74) is 2.36. The van der Waals surface area contributed by atoms with Crippen LogP contribution in [-0.4, -0.2) is 47.8 Å². The van der Waals surface area contributed by atoms with Gasteiger partial charge in [-0.2, -0.15) is 0 Å². The zero-order chi connectivity index (χ0) is 28.0. The van der Waals surface area contributed by atoms with Crippen molar-refractivity contribution in [3.63, 3.8) is 0 Å². The van der Waals surface area contributed by atoms with Gasteiger partial charge in [0.25, 0.3) is 15.9 Å². The smallest absolute Gasteiger partial charge is 0.264 e. The molecular weight excluding hydrogens is 520 g/mol. The van der Waals surface area contributed by atoms with Crippen molar-refractivity contribution in [1.82, 2.24) is 0 Å². The normalized spacial score (nSPS) is 12.9. The molecule has 1 amide bonds. The van der Waals surface area contributed by atoms with Crippen molar-refractivity contribution in [2.75, 3.05) is 43.1 Å². The SMILES string of the molecule is CCOc1cc(C(=O)Nc2ccc3c(c2)CCCN3S(=O)(=O)c2ccc(OC)cc2)cc(OCC)c1OCC. The first-order chi connectivity index (χ1) is 18.8. The number of benzene rings is 3. The standard InChI is InChI=1S/C29H34N2O7S/c1-5-36-26-18-21(19-27(37-6-2)28(26)38-7-3)29(32)30-22-10-15-25-20(17-22)9-8-16-31(25)39(33,34)24-13-11-23(35-4)12-14-24/h10-15,17-19H,5-9,16H2,1-4H3,(H,30,32). The Morgan fingerprint density at radius 2 is 1.54 bits per heavy atom. The van der Waals surface area contributed by atoms with Gasteiger partial charge in [-0.1, -0.05) is 0 Å². The molecule has 208 valence electrons. The Balaban J connectivity index is 1.60. The molecule has 0 bridgehead atoms. The van der Waals surface area contributed by atoms with Crippen molar-refractivity contribution in [2.45, 2.75) is 38.5 Å². The van der Waals surface area contributed by atoms with Crippen LogP contribution in [-0.2, 0) is 16.4 Å². The molecule has 1 aliphatic heterocycles. The van der Waals surface area contributed by atoms with Crippen LogP contribution in [0.15, 0.2) is 59.5 Å². The number of anilines is 2. The van der Waals surface area contributed by atoms with E-state index in [0.717, 1.165) is 5.56 Å². The Kier molecular flexibility index (Phi) is 8.86. The number of carbonyl (C=O) groups is 1. The Labute approximate surface area is 229 Å². The topological polar surface area (TPSA) is 103 Å². The zero-order valence-corrected chi connectivity index (χ0v) is 23.5. The van der Waals surface area contributed by atoms with E-state index in [-0.39, 0.29) is 10.8 Å². The monoisotopic (exact) mass is 554 g/mol. The lowest BCUT2D eigenvalue weighted by Crippen LogP contribution is -2.35. The average Bonchev–Trinajstić information content (AvgIpc) is 2.94. The van der Waals surface area contributed by atoms with Crippen molar-refractivity contribution in [3.05, 3.63) is 65.7 Å². The highest BCUT2D eigenvalue weighted by Gasteiger charge is 2.29. The molecule has 0 saturated carbocycles. The molecule has 1 N–H and O–H groups in total. The van der Waals surface area contributed by atoms with Gasteiger partial charge in [-0.05, 0) is 93.8 Å². The zero-order valence-electron chi connectivity index (χ0n) is 22.7. The summed E-state index contributed by atoms with van der Waals surface area (Å²) in [7, 11) is -2.22. The van der Waals surface area contributed by atoms with Crippen LogP contribution < -0.4 is 28.6 Å². The van der Waals surface area contributed by atoms with Crippen LogP contribution in [0.4, 0.5) is 11.4 Å². The van der Waals surface area contributed by atoms with Crippen molar-refractivity contribution in [2.24, 2.45) is 0 Å². The summed E-state index contributed by atoms with van der Waals surface area (Å²) in [6.45, 7) is 7.17. The van der Waals surface area contributed by atoms with Crippen LogP contribution in [0.2, 0.25) is 0 Å². The number of carbonyl (C=O) groups excluding carboxylic acids is 1. The first-order valence-corrected chi connectivity index (χ1v) is 14.4. The van der Waals surface area contributed by atoms with E-state index in [1.807, 2.05) is 26.8 Å². The summed E-state index contributed by atoms with van der Waals surface area (Å²) in [6.07, 6.45) is 1.35. The highest BCUT2D eigenvalue weighted by Crippen LogP contribution is 2.40. The number of hydrogen-bond acceptors (Lipinski definition) is 7. The van der Waals surface area contributed by atoms with Crippen molar-refractivity contribution < 1.29 is 32.2 Å². The third-order valence-corrected chi connectivity index (χ3v) is 8.06. The van der Waals surface area contributed by atoms with Gasteiger partial charge in [0.05, 0.1) is 37.5 Å². The number of aryl methyl sites for hydroxylation is 1. The number of nitrogens with zero attached hydrogens (tertiary/aromatic N) is 1. The molecular formula is C29H34N2O7S. The fourth-order valence-electron chi connectivity index (χ4n) is 4.49. The summed E-state index contributed by atoms with van der Waals surface area (Å²) in [6, 6.07) is 14.9. The van der Waals surface area contributed by atoms with Gasteiger partial charge in [-0.3, -0.25) is 9.10 Å². The van der Waals surface area contributed by atoms with Crippen molar-refractivity contribution in [1.29, 1.82) is 0 Å². The summed E-state index contributed by atoms with van der Waals surface area (Å²) < 4.78 is 50.6. The second-order valence-electron chi connectivity index (χ2n) is 8.75. The molecule has 1 aliphatic rings. The van der Waals surface area contributed by atoms with Gasteiger partial charge in [-0.15, -0.1) is 0 Å². The van der Waals surface area contributed by atoms with Gasteiger partial charge in [0.1, 0.15) is 5.75 Å². The van der Waals surface area contributed by atoms with E-state index in [1.54, 1.807) is 48.5 Å². The number of fused-ring (bicyclic) bond motifs is 1. The minimum absolute atomic E-state index is 0.194. The van der Waals surface area contributed by atoms with Gasteiger partial charge >= 0.3 is 0 Å². The molecule has 0 radical (unpaired) electrons. The lowest BCUT2D eigenvalue weighted by molar-refractivity contribution is 0.102. The van der Waals surface area contributed by atoms with E-state index in [2.05, 4.69) is 5.32 Å². The van der Waals surface area contributed by atoms with E-state index in [0.29, 0.717) is 79.1 Å². The molecule has 4 rings (SSSR count). The molecule has 3 aromatic carbocycles. The van der Waals surface area contributed by atoms with Crippen LogP contribution in [0, 0.1) is 0 Å². The highest BCUT2D eigenvalue weighted by molar-refractivity contribution is 7.92. The number of rotatable bonds is 11. The maximum atomic E-state index is 13.4. The van der Waals surface area contributed by atoms with E-state index in [9.17, 15) is 13.2 Å². The number of hydrogen-bond donors (Lipinski definition) is 1. The van der Waals surface area contributed by atoms with Crippen LogP contribution >= 0.6 is 0 Å². The number of methoxy groups -OCH3 is 1. The fraction of sp³-hybridized carbons (Fsp3) is 0.345. The van der Waals surface area contributed by atoms with E-state index < -0.39 is 10.0 Å². The molecule has 0 aromatic heterocycles. The Bertz CT molecular complexity index is 1400. The van der Waals surface area contributed by atoms with Crippen LogP contribution in [0.5, 0.6) is 23.0 Å². The molecule has 0 spiro atoms. The third kappa shape index (κ3) is 6.06. The maximum absolute atomic E-state index is 13.4. The van der Waals surface area contributed by atoms with E-state index in [4.69, 9.17) is 18.9 Å². The van der Waals surface area contributed by atoms with Gasteiger partial charge in [0.2, 0.25) is 5.75 Å². The Hall–Kier alpha value is -3.92. The van der Waals surface area contributed by atoms with Gasteiger partial charge in [0.15, 0.2) is 11.5 Å². The van der Waals surface area contributed by atoms with E-state index in [1.165, 1.54) is 11.4 Å². The quantitative estimate of drug-likeness (QED) is 0.344. The third-order valence-electron chi connectivity index (χ3n) is 6.23. The van der Waals surface area contributed by atoms with Gasteiger partial charge < -0.3 is 24.3 Å². The summed E-state index contributed by atoms with van der Waals surface area (Å²) >= 11 is 0. The largest absolute Gasteiger partial charge is 0.497 e. The second kappa shape index (κ2) is 12.3. The molecule has 1 heterocycles. The Morgan fingerprint density at radius 3 is 2.13 bits per heavy atom. The minimum Gasteiger partial charge on any atom is -0.497 e. The maximum Gasteiger partial charge on any atom is 0.264 e. The minimum atomic E-state index is -3.76. The Morgan fingerprint density at radius 1 is 0.897 bits per heavy atom. The van der Waals surface area contributed by atoms with Gasteiger partial charge in [0, 0.05) is 17.8 Å². The molecule has 0 saturated heterocycles. The molecule has 0 atom stereocenters. The average molecular weight is 555 g/mol. The second-order valence-corrected chi connectivity index (χ2v) is 10.6. The lowest BCUT2D eigenvalue weighted by atomic mass is 10.0. The number of nitrogens with one attached hydrogen (secondary N) is 1. The van der Waals surface area contributed by atoms with Crippen LogP contribution in [0.3, 0.4) is 0 Å². The number of ether oxygens (including phenoxy) is 4. The van der Waals surface area contributed by atoms with Crippen molar-refractivity contribution in [3.8, 4) is 23.0 Å². The number of amides is 1. The number of sulfonamides is 1. The fourth-order valence-corrected chi connectivity index (χ4v) is 6.03.